The lowest BCUT2D eigenvalue weighted by atomic mass is 10.1. The molecule has 0 radical (unpaired) electrons. The van der Waals surface area contributed by atoms with Crippen LogP contribution < -0.4 is 11.3 Å². The van der Waals surface area contributed by atoms with E-state index in [0.717, 1.165) is 5.56 Å². The summed E-state index contributed by atoms with van der Waals surface area (Å²) in [7, 11) is 0. The topological polar surface area (TPSA) is 38.0 Å². The molecule has 2 nitrogen and oxygen atoms in total. The monoisotopic (exact) mass is 370 g/mol. The Labute approximate surface area is 132 Å². The summed E-state index contributed by atoms with van der Waals surface area (Å²) in [5, 5.41) is 2.08. The van der Waals surface area contributed by atoms with Crippen LogP contribution in [0.25, 0.3) is 9.40 Å². The fourth-order valence-electron chi connectivity index (χ4n) is 2.12. The molecule has 0 saturated heterocycles. The van der Waals surface area contributed by atoms with E-state index in [1.807, 2.05) is 6.07 Å². The first kappa shape index (κ1) is 14.2. The molecule has 3 N–H and O–H groups in total. The molecule has 0 amide bonds. The fourth-order valence-corrected chi connectivity index (χ4v) is 4.73. The van der Waals surface area contributed by atoms with Gasteiger partial charge in [-0.05, 0) is 51.5 Å². The molecule has 0 aliphatic carbocycles. The first-order valence-electron chi connectivity index (χ1n) is 6.05. The third-order valence-corrected chi connectivity index (χ3v) is 6.25. The molecular formula is C14H12BrFN2S2. The number of hydrogen-bond donors (Lipinski definition) is 2. The maximum absolute atomic E-state index is 13.6. The lowest BCUT2D eigenvalue weighted by molar-refractivity contribution is 0.554. The van der Waals surface area contributed by atoms with Gasteiger partial charge in [-0.2, -0.15) is 0 Å². The van der Waals surface area contributed by atoms with Crippen molar-refractivity contribution in [3.8, 4) is 0 Å². The summed E-state index contributed by atoms with van der Waals surface area (Å²) in [6, 6.07) is 9.32. The summed E-state index contributed by atoms with van der Waals surface area (Å²) >= 11 is 6.74. The first-order valence-corrected chi connectivity index (χ1v) is 8.54. The minimum Gasteiger partial charge on any atom is -0.271 e. The Hall–Kier alpha value is -0.790. The zero-order valence-corrected chi connectivity index (χ0v) is 13.6. The number of benzene rings is 1. The van der Waals surface area contributed by atoms with Gasteiger partial charge < -0.3 is 0 Å². The predicted octanol–water partition coefficient (Wildman–Crippen LogP) is 4.61. The predicted molar refractivity (Wildman–Crippen MR) is 87.6 cm³/mol. The first-order chi connectivity index (χ1) is 9.69. The third-order valence-electron chi connectivity index (χ3n) is 3.16. The standard InChI is InChI=1S/C14H12BrFN2S2/c15-14-8(2-1-3-9(14)16)6-10(18-17)12-7-13-11(20-12)4-5-19-13/h1-5,7,10,18H,6,17H2. The SMILES string of the molecule is NNC(Cc1cccc(F)c1Br)c1cc2sccc2s1. The molecule has 20 heavy (non-hydrogen) atoms. The van der Waals surface area contributed by atoms with Gasteiger partial charge in [-0.1, -0.05) is 12.1 Å². The number of hydrazine groups is 1. The van der Waals surface area contributed by atoms with Gasteiger partial charge in [0.1, 0.15) is 5.82 Å². The number of fused-ring (bicyclic) bond motifs is 1. The van der Waals surface area contributed by atoms with Gasteiger partial charge >= 0.3 is 0 Å². The number of thiophene rings is 2. The number of rotatable bonds is 4. The summed E-state index contributed by atoms with van der Waals surface area (Å²) in [4.78, 5) is 1.17. The Balaban J connectivity index is 1.90. The molecule has 3 aromatic rings. The molecule has 1 atom stereocenters. The van der Waals surface area contributed by atoms with Crippen LogP contribution in [-0.4, -0.2) is 0 Å². The average molecular weight is 371 g/mol. The zero-order chi connectivity index (χ0) is 14.1. The molecule has 104 valence electrons. The van der Waals surface area contributed by atoms with Crippen molar-refractivity contribution < 1.29 is 4.39 Å². The minimum absolute atomic E-state index is 0.0160. The Bertz CT molecular complexity index is 709. The molecule has 1 aromatic carbocycles. The highest BCUT2D eigenvalue weighted by atomic mass is 79.9. The van der Waals surface area contributed by atoms with E-state index in [-0.39, 0.29) is 11.9 Å². The number of hydrogen-bond acceptors (Lipinski definition) is 4. The van der Waals surface area contributed by atoms with Gasteiger partial charge in [0.25, 0.3) is 0 Å². The smallest absolute Gasteiger partial charge is 0.137 e. The van der Waals surface area contributed by atoms with Crippen molar-refractivity contribution in [2.75, 3.05) is 0 Å². The van der Waals surface area contributed by atoms with Crippen LogP contribution in [0, 0.1) is 5.82 Å². The van der Waals surface area contributed by atoms with Gasteiger partial charge in [-0.15, -0.1) is 22.7 Å². The van der Waals surface area contributed by atoms with E-state index in [4.69, 9.17) is 5.84 Å². The van der Waals surface area contributed by atoms with Crippen molar-refractivity contribution >= 4 is 48.0 Å². The van der Waals surface area contributed by atoms with Crippen LogP contribution in [0.2, 0.25) is 0 Å². The largest absolute Gasteiger partial charge is 0.271 e. The summed E-state index contributed by atoms with van der Waals surface area (Å²) in [6.07, 6.45) is 0.641. The van der Waals surface area contributed by atoms with E-state index < -0.39 is 0 Å². The molecule has 0 aliphatic rings. The molecule has 0 aliphatic heterocycles. The lowest BCUT2D eigenvalue weighted by Crippen LogP contribution is -2.29. The zero-order valence-electron chi connectivity index (χ0n) is 10.4. The van der Waals surface area contributed by atoms with Gasteiger partial charge in [-0.3, -0.25) is 11.3 Å². The number of nitrogens with two attached hydrogens (primary N) is 1. The van der Waals surface area contributed by atoms with Crippen molar-refractivity contribution in [1.82, 2.24) is 5.43 Å². The number of nitrogens with one attached hydrogen (secondary N) is 1. The maximum Gasteiger partial charge on any atom is 0.137 e. The van der Waals surface area contributed by atoms with Crippen molar-refractivity contribution in [1.29, 1.82) is 0 Å². The minimum atomic E-state index is -0.245. The second-order valence-corrected chi connectivity index (χ2v) is 7.29. The lowest BCUT2D eigenvalue weighted by Gasteiger charge is -2.15. The summed E-state index contributed by atoms with van der Waals surface area (Å²) < 4.78 is 16.6. The highest BCUT2D eigenvalue weighted by molar-refractivity contribution is 9.10. The molecule has 2 aromatic heterocycles. The summed E-state index contributed by atoms with van der Waals surface area (Å²) in [5.74, 6) is 5.44. The molecule has 6 heteroatoms. The van der Waals surface area contributed by atoms with Crippen LogP contribution >= 0.6 is 38.6 Å². The van der Waals surface area contributed by atoms with Gasteiger partial charge in [0.05, 0.1) is 10.5 Å². The second kappa shape index (κ2) is 5.91. The molecule has 0 saturated carbocycles. The normalized spacial score (nSPS) is 12.9. The Morgan fingerprint density at radius 3 is 2.90 bits per heavy atom. The maximum atomic E-state index is 13.6. The van der Waals surface area contributed by atoms with E-state index in [0.29, 0.717) is 10.9 Å². The van der Waals surface area contributed by atoms with Crippen LogP contribution in [0.15, 0.2) is 40.2 Å². The molecule has 0 bridgehead atoms. The Morgan fingerprint density at radius 1 is 1.30 bits per heavy atom. The average Bonchev–Trinajstić information content (AvgIpc) is 3.01. The fraction of sp³-hybridized carbons (Fsp3) is 0.143. The molecular weight excluding hydrogens is 359 g/mol. The van der Waals surface area contributed by atoms with Crippen LogP contribution in [0.3, 0.4) is 0 Å². The van der Waals surface area contributed by atoms with Crippen LogP contribution in [0.5, 0.6) is 0 Å². The van der Waals surface area contributed by atoms with Crippen molar-refractivity contribution in [3.63, 3.8) is 0 Å². The van der Waals surface area contributed by atoms with E-state index in [1.165, 1.54) is 20.3 Å². The van der Waals surface area contributed by atoms with Crippen molar-refractivity contribution in [3.05, 3.63) is 56.4 Å². The summed E-state index contributed by atoms with van der Waals surface area (Å²) in [5.41, 5.74) is 3.74. The molecule has 0 fully saturated rings. The molecule has 1 unspecified atom stereocenters. The summed E-state index contributed by atoms with van der Waals surface area (Å²) in [6.45, 7) is 0. The Kier molecular flexibility index (Phi) is 4.18. The highest BCUT2D eigenvalue weighted by Crippen LogP contribution is 2.35. The van der Waals surface area contributed by atoms with Crippen molar-refractivity contribution in [2.45, 2.75) is 12.5 Å². The quantitative estimate of drug-likeness (QED) is 0.519. The van der Waals surface area contributed by atoms with E-state index >= 15 is 0 Å². The second-order valence-electron chi connectivity index (χ2n) is 4.43. The molecule has 3 rings (SSSR count). The third kappa shape index (κ3) is 2.66. The van der Waals surface area contributed by atoms with Gasteiger partial charge in [0.2, 0.25) is 0 Å². The Morgan fingerprint density at radius 2 is 2.15 bits per heavy atom. The van der Waals surface area contributed by atoms with Crippen molar-refractivity contribution in [2.24, 2.45) is 5.84 Å². The molecule has 0 spiro atoms. The molecule has 2 heterocycles. The van der Waals surface area contributed by atoms with E-state index in [1.54, 1.807) is 28.7 Å². The highest BCUT2D eigenvalue weighted by Gasteiger charge is 2.16. The number of halogens is 2. The van der Waals surface area contributed by atoms with E-state index in [2.05, 4.69) is 38.9 Å². The van der Waals surface area contributed by atoms with Crippen LogP contribution in [0.1, 0.15) is 16.5 Å². The van der Waals surface area contributed by atoms with Gasteiger partial charge in [-0.25, -0.2) is 4.39 Å². The van der Waals surface area contributed by atoms with Gasteiger partial charge in [0.15, 0.2) is 0 Å². The van der Waals surface area contributed by atoms with Gasteiger partial charge in [0, 0.05) is 14.3 Å². The van der Waals surface area contributed by atoms with Crippen LogP contribution in [-0.2, 0) is 6.42 Å². The van der Waals surface area contributed by atoms with Crippen LogP contribution in [0.4, 0.5) is 4.39 Å². The van der Waals surface area contributed by atoms with E-state index in [9.17, 15) is 4.39 Å².